The van der Waals surface area contributed by atoms with Gasteiger partial charge in [0.1, 0.15) is 5.71 Å². The Labute approximate surface area is 178 Å². The summed E-state index contributed by atoms with van der Waals surface area (Å²) >= 11 is 0. The largest absolute Gasteiger partial charge is 0.277 e. The summed E-state index contributed by atoms with van der Waals surface area (Å²) in [6, 6.07) is 7.62. The highest BCUT2D eigenvalue weighted by atomic mass is 19.3. The van der Waals surface area contributed by atoms with E-state index < -0.39 is 11.8 Å². The highest BCUT2D eigenvalue weighted by Gasteiger charge is 2.33. The summed E-state index contributed by atoms with van der Waals surface area (Å²) in [5.74, 6) is 0. The third-order valence-electron chi connectivity index (χ3n) is 5.61. The minimum absolute atomic E-state index is 0.225. The van der Waals surface area contributed by atoms with E-state index in [2.05, 4.69) is 21.4 Å². The number of halogens is 2. The van der Waals surface area contributed by atoms with E-state index in [0.717, 1.165) is 16.8 Å². The van der Waals surface area contributed by atoms with Crippen LogP contribution in [0.5, 0.6) is 0 Å². The predicted molar refractivity (Wildman–Crippen MR) is 112 cm³/mol. The van der Waals surface area contributed by atoms with Crippen LogP contribution in [-0.4, -0.2) is 43.1 Å². The summed E-state index contributed by atoms with van der Waals surface area (Å²) in [6.45, 7) is 3.71. The van der Waals surface area contributed by atoms with E-state index in [1.165, 1.54) is 0 Å². The molecule has 0 amide bonds. The second kappa shape index (κ2) is 8.02. The Kier molecular flexibility index (Phi) is 5.39. The quantitative estimate of drug-likeness (QED) is 0.652. The van der Waals surface area contributed by atoms with Crippen LogP contribution in [0.25, 0.3) is 11.4 Å². The van der Waals surface area contributed by atoms with Gasteiger partial charge in [-0.3, -0.25) is 14.8 Å². The van der Waals surface area contributed by atoms with Crippen molar-refractivity contribution in [1.29, 1.82) is 5.26 Å². The van der Waals surface area contributed by atoms with Crippen molar-refractivity contribution >= 4 is 5.71 Å². The lowest BCUT2D eigenvalue weighted by molar-refractivity contribution is 0.132. The molecule has 4 rings (SSSR count). The number of nitriles is 1. The van der Waals surface area contributed by atoms with Crippen LogP contribution in [-0.2, 0) is 18.9 Å². The second-order valence-electron chi connectivity index (χ2n) is 8.23. The Morgan fingerprint density at radius 1 is 1.32 bits per heavy atom. The van der Waals surface area contributed by atoms with Crippen molar-refractivity contribution in [3.8, 4) is 17.5 Å². The minimum atomic E-state index is -2.38. The van der Waals surface area contributed by atoms with Crippen molar-refractivity contribution in [3.05, 3.63) is 53.1 Å². The van der Waals surface area contributed by atoms with Crippen molar-refractivity contribution in [2.24, 2.45) is 12.0 Å². The van der Waals surface area contributed by atoms with Crippen LogP contribution in [0.1, 0.15) is 49.2 Å². The van der Waals surface area contributed by atoms with Crippen LogP contribution in [0.2, 0.25) is 0 Å². The first-order valence-corrected chi connectivity index (χ1v) is 10.1. The third-order valence-corrected chi connectivity index (χ3v) is 5.61. The average Bonchev–Trinajstić information content (AvgIpc) is 3.42. The van der Waals surface area contributed by atoms with Gasteiger partial charge in [-0.1, -0.05) is 0 Å². The van der Waals surface area contributed by atoms with Gasteiger partial charge in [0.15, 0.2) is 0 Å². The van der Waals surface area contributed by atoms with Crippen LogP contribution >= 0.6 is 0 Å². The highest BCUT2D eigenvalue weighted by molar-refractivity contribution is 6.12. The van der Waals surface area contributed by atoms with Gasteiger partial charge in [0, 0.05) is 25.9 Å². The zero-order valence-corrected chi connectivity index (χ0v) is 17.6. The zero-order valence-electron chi connectivity index (χ0n) is 17.6. The number of aryl methyl sites for hydroxylation is 1. The number of alkyl halides is 2. The molecule has 0 aliphatic carbocycles. The number of nitrogens with one attached hydrogen (secondary N) is 1. The first-order valence-electron chi connectivity index (χ1n) is 10.1. The van der Waals surface area contributed by atoms with E-state index in [0.29, 0.717) is 29.2 Å². The predicted octanol–water partition coefficient (Wildman–Crippen LogP) is 3.81. The first kappa shape index (κ1) is 20.8. The average molecular weight is 423 g/mol. The van der Waals surface area contributed by atoms with Gasteiger partial charge in [-0.15, -0.1) is 0 Å². The van der Waals surface area contributed by atoms with E-state index >= 15 is 0 Å². The molecule has 1 aliphatic heterocycles. The summed E-state index contributed by atoms with van der Waals surface area (Å²) in [6.07, 6.45) is 1.41. The molecule has 1 atom stereocenters. The Hall–Kier alpha value is -3.41. The molecule has 3 aromatic rings. The molecule has 3 aromatic heterocycles. The first-order chi connectivity index (χ1) is 14.8. The Morgan fingerprint density at radius 3 is 2.74 bits per heavy atom. The number of aromatic amines is 1. The molecule has 0 radical (unpaired) electrons. The number of nitrogens with zero attached hydrogens (tertiary/aromatic N) is 6. The van der Waals surface area contributed by atoms with Crippen molar-refractivity contribution in [1.82, 2.24) is 25.0 Å². The highest BCUT2D eigenvalue weighted by Crippen LogP contribution is 2.36. The van der Waals surface area contributed by atoms with Crippen LogP contribution in [0, 0.1) is 11.3 Å². The van der Waals surface area contributed by atoms with Crippen molar-refractivity contribution in [2.75, 3.05) is 0 Å². The maximum atomic E-state index is 12.9. The lowest BCUT2D eigenvalue weighted by atomic mass is 9.78. The summed E-state index contributed by atoms with van der Waals surface area (Å²) in [4.78, 5) is 9.67. The lowest BCUT2D eigenvalue weighted by Crippen LogP contribution is -2.29. The molecular weight excluding hydrogens is 400 g/mol. The van der Waals surface area contributed by atoms with E-state index in [1.807, 2.05) is 33.0 Å². The van der Waals surface area contributed by atoms with Gasteiger partial charge in [-0.25, -0.2) is 13.8 Å². The molecule has 0 spiro atoms. The van der Waals surface area contributed by atoms with E-state index in [4.69, 9.17) is 9.98 Å². The molecule has 0 saturated heterocycles. The molecule has 160 valence electrons. The number of hydrogen-bond acceptors (Lipinski definition) is 5. The van der Waals surface area contributed by atoms with Crippen molar-refractivity contribution in [3.63, 3.8) is 0 Å². The Balaban J connectivity index is 1.94. The van der Waals surface area contributed by atoms with Crippen molar-refractivity contribution < 1.29 is 8.78 Å². The fourth-order valence-corrected chi connectivity index (χ4v) is 3.94. The molecular formula is C22H23F2N7. The molecule has 31 heavy (non-hydrogen) atoms. The SMILES string of the molecule is Cn1nccc1-c1cc(C(C)(C)C#N)c2c(n1)C(c1ccn[nH]1)=NC(CCC(F)F)C2. The fourth-order valence-electron chi connectivity index (χ4n) is 3.94. The monoisotopic (exact) mass is 423 g/mol. The summed E-state index contributed by atoms with van der Waals surface area (Å²) in [7, 11) is 1.83. The van der Waals surface area contributed by atoms with E-state index in [-0.39, 0.29) is 18.9 Å². The molecule has 4 heterocycles. The van der Waals surface area contributed by atoms with Crippen LogP contribution in [0.3, 0.4) is 0 Å². The molecule has 1 unspecified atom stereocenters. The summed E-state index contributed by atoms with van der Waals surface area (Å²) in [5.41, 5.74) is 4.27. The summed E-state index contributed by atoms with van der Waals surface area (Å²) in [5, 5.41) is 21.1. The van der Waals surface area contributed by atoms with Gasteiger partial charge < -0.3 is 0 Å². The number of fused-ring (bicyclic) bond motifs is 1. The van der Waals surface area contributed by atoms with Gasteiger partial charge in [0.25, 0.3) is 0 Å². The number of H-pyrrole nitrogens is 1. The van der Waals surface area contributed by atoms with Gasteiger partial charge in [0.05, 0.1) is 40.3 Å². The third kappa shape index (κ3) is 3.98. The fraction of sp³-hybridized carbons (Fsp3) is 0.409. The van der Waals surface area contributed by atoms with Crippen LogP contribution < -0.4 is 0 Å². The zero-order chi connectivity index (χ0) is 22.2. The Bertz CT molecular complexity index is 1150. The summed E-state index contributed by atoms with van der Waals surface area (Å²) < 4.78 is 27.5. The molecule has 0 saturated carbocycles. The minimum Gasteiger partial charge on any atom is -0.277 e. The molecule has 0 bridgehead atoms. The van der Waals surface area contributed by atoms with E-state index in [1.54, 1.807) is 23.1 Å². The number of pyridine rings is 1. The second-order valence-corrected chi connectivity index (χ2v) is 8.23. The van der Waals surface area contributed by atoms with Crippen LogP contribution in [0.4, 0.5) is 8.78 Å². The maximum Gasteiger partial charge on any atom is 0.238 e. The number of aliphatic imine (C=N–C) groups is 1. The molecule has 9 heteroatoms. The maximum absolute atomic E-state index is 12.9. The number of aromatic nitrogens is 5. The van der Waals surface area contributed by atoms with Gasteiger partial charge in [-0.2, -0.15) is 15.5 Å². The smallest absolute Gasteiger partial charge is 0.238 e. The molecule has 0 aromatic carbocycles. The van der Waals surface area contributed by atoms with Crippen molar-refractivity contribution in [2.45, 2.75) is 51.0 Å². The molecule has 0 fully saturated rings. The topological polar surface area (TPSA) is 95.5 Å². The molecule has 1 N–H and O–H groups in total. The molecule has 7 nitrogen and oxygen atoms in total. The van der Waals surface area contributed by atoms with E-state index in [9.17, 15) is 14.0 Å². The van der Waals surface area contributed by atoms with Crippen LogP contribution in [0.15, 0.2) is 35.6 Å². The normalized spacial score (nSPS) is 16.2. The number of hydrogen-bond donors (Lipinski definition) is 1. The molecule has 1 aliphatic rings. The number of rotatable bonds is 6. The standard InChI is InChI=1S/C22H23F2N7/c1-22(2,12-25)15-11-17(18-7-9-27-31(18)3)29-20-14(15)10-13(4-5-19(23)24)28-21(20)16-6-8-26-30-16/h6-9,11,13,19H,4-5,10H2,1-3H3,(H,26,30). The van der Waals surface area contributed by atoms with Gasteiger partial charge in [-0.05, 0) is 56.0 Å². The lowest BCUT2D eigenvalue weighted by Gasteiger charge is -2.29. The Morgan fingerprint density at radius 2 is 2.13 bits per heavy atom. The van der Waals surface area contributed by atoms with Gasteiger partial charge >= 0.3 is 0 Å². The van der Waals surface area contributed by atoms with Gasteiger partial charge in [0.2, 0.25) is 6.43 Å².